The lowest BCUT2D eigenvalue weighted by molar-refractivity contribution is 0.0207. The summed E-state index contributed by atoms with van der Waals surface area (Å²) in [7, 11) is 0. The Morgan fingerprint density at radius 1 is 1.03 bits per heavy atom. The van der Waals surface area contributed by atoms with E-state index in [1.54, 1.807) is 0 Å². The summed E-state index contributed by atoms with van der Waals surface area (Å²) in [6.45, 7) is 8.56. The number of rotatable bonds is 10. The highest BCUT2D eigenvalue weighted by Gasteiger charge is 2.16. The van der Waals surface area contributed by atoms with E-state index in [1.165, 1.54) is 0 Å². The van der Waals surface area contributed by atoms with Crippen LogP contribution in [-0.2, 0) is 22.3 Å². The van der Waals surface area contributed by atoms with Crippen LogP contribution in [0.15, 0.2) is 48.5 Å². The van der Waals surface area contributed by atoms with E-state index >= 15 is 0 Å². The van der Waals surface area contributed by atoms with Gasteiger partial charge in [0.1, 0.15) is 11.4 Å². The fraction of sp³-hybridized carbons (Fsp3) is 0.458. The first-order valence-electron chi connectivity index (χ1n) is 10.3. The number of amides is 1. The zero-order chi connectivity index (χ0) is 22.0. The molecule has 0 spiro atoms. The third-order valence-corrected chi connectivity index (χ3v) is 4.25. The van der Waals surface area contributed by atoms with Gasteiger partial charge in [0.05, 0.1) is 19.3 Å². The first-order chi connectivity index (χ1) is 14.3. The number of aliphatic hydroxyl groups is 1. The molecule has 1 atom stereocenters. The molecule has 0 radical (unpaired) electrons. The molecule has 30 heavy (non-hydrogen) atoms. The highest BCUT2D eigenvalue weighted by molar-refractivity contribution is 5.84. The van der Waals surface area contributed by atoms with Gasteiger partial charge in [-0.1, -0.05) is 24.3 Å². The predicted octanol–water partition coefficient (Wildman–Crippen LogP) is 4.60. The number of nitrogens with one attached hydrogen (secondary N) is 1. The molecule has 2 aromatic carbocycles. The normalized spacial score (nSPS) is 12.3. The number of hydrogen-bond donors (Lipinski definition) is 2. The number of carbonyl (C=O) groups is 1. The van der Waals surface area contributed by atoms with Gasteiger partial charge in [-0.05, 0) is 63.1 Å². The topological polar surface area (TPSA) is 77.0 Å². The summed E-state index contributed by atoms with van der Waals surface area (Å²) in [6.07, 6.45) is 0.794. The molecule has 2 rings (SSSR count). The van der Waals surface area contributed by atoms with Crippen LogP contribution in [0.4, 0.5) is 10.5 Å². The molecule has 0 bridgehead atoms. The molecule has 2 N–H and O–H groups in total. The Balaban J connectivity index is 1.76. The molecule has 0 aliphatic heterocycles. The number of benzene rings is 2. The zero-order valence-electron chi connectivity index (χ0n) is 18.3. The molecule has 0 saturated heterocycles. The van der Waals surface area contributed by atoms with Gasteiger partial charge in [-0.3, -0.25) is 5.32 Å². The highest BCUT2D eigenvalue weighted by Crippen LogP contribution is 2.16. The van der Waals surface area contributed by atoms with Crippen molar-refractivity contribution in [2.75, 3.05) is 25.1 Å². The van der Waals surface area contributed by atoms with E-state index in [4.69, 9.17) is 14.2 Å². The summed E-state index contributed by atoms with van der Waals surface area (Å²) >= 11 is 0. The molecule has 0 aromatic heterocycles. The van der Waals surface area contributed by atoms with Gasteiger partial charge in [-0.15, -0.1) is 0 Å². The van der Waals surface area contributed by atoms with Crippen LogP contribution >= 0.6 is 0 Å². The second-order valence-electron chi connectivity index (χ2n) is 8.03. The fourth-order valence-electron chi connectivity index (χ4n) is 2.86. The van der Waals surface area contributed by atoms with E-state index < -0.39 is 11.7 Å². The summed E-state index contributed by atoms with van der Waals surface area (Å²) < 4.78 is 16.5. The lowest BCUT2D eigenvalue weighted by Crippen LogP contribution is -2.27. The van der Waals surface area contributed by atoms with Crippen LogP contribution in [0.5, 0.6) is 5.75 Å². The molecule has 0 unspecified atom stereocenters. The highest BCUT2D eigenvalue weighted by atomic mass is 16.6. The minimum Gasteiger partial charge on any atom is -0.493 e. The van der Waals surface area contributed by atoms with E-state index in [0.29, 0.717) is 25.3 Å². The summed E-state index contributed by atoms with van der Waals surface area (Å²) in [5.41, 5.74) is 2.38. The number of hydrogen-bond acceptors (Lipinski definition) is 5. The second-order valence-corrected chi connectivity index (χ2v) is 8.03. The first-order valence-corrected chi connectivity index (χ1v) is 10.3. The van der Waals surface area contributed by atoms with Gasteiger partial charge >= 0.3 is 6.09 Å². The molecule has 164 valence electrons. The van der Waals surface area contributed by atoms with Crippen LogP contribution in [0.2, 0.25) is 0 Å². The lowest BCUT2D eigenvalue weighted by atomic mass is 10.1. The standard InChI is InChI=1S/C24H33NO5/c1-5-28-22(17-26)16-19-8-12-21(13-9-19)29-15-14-18-6-10-20(11-7-18)25-23(27)30-24(2,3)4/h6-13,22,26H,5,14-17H2,1-4H3,(H,25,27)/t22-/m0/s1. The summed E-state index contributed by atoms with van der Waals surface area (Å²) in [5.74, 6) is 0.805. The molecule has 0 saturated carbocycles. The van der Waals surface area contributed by atoms with Crippen LogP contribution in [0.3, 0.4) is 0 Å². The quantitative estimate of drug-likeness (QED) is 0.593. The number of aliphatic hydroxyl groups excluding tert-OH is 1. The SMILES string of the molecule is CCO[C@H](CO)Cc1ccc(OCCc2ccc(NC(=O)OC(C)(C)C)cc2)cc1. The molecule has 0 fully saturated rings. The summed E-state index contributed by atoms with van der Waals surface area (Å²) in [6, 6.07) is 15.5. The molecule has 1 amide bonds. The van der Waals surface area contributed by atoms with Crippen molar-refractivity contribution in [1.82, 2.24) is 0 Å². The van der Waals surface area contributed by atoms with Gasteiger partial charge in [0.2, 0.25) is 0 Å². The molecule has 0 aliphatic rings. The Bertz CT molecular complexity index is 766. The van der Waals surface area contributed by atoms with E-state index in [1.807, 2.05) is 76.2 Å². The van der Waals surface area contributed by atoms with Gasteiger partial charge in [-0.2, -0.15) is 0 Å². The van der Waals surface area contributed by atoms with Crippen molar-refractivity contribution in [3.05, 3.63) is 59.7 Å². The third kappa shape index (κ3) is 8.84. The van der Waals surface area contributed by atoms with E-state index in [2.05, 4.69) is 5.32 Å². The Hall–Kier alpha value is -2.57. The summed E-state index contributed by atoms with van der Waals surface area (Å²) in [4.78, 5) is 11.8. The average Bonchev–Trinajstić information content (AvgIpc) is 2.69. The van der Waals surface area contributed by atoms with Crippen LogP contribution in [-0.4, -0.2) is 42.7 Å². The molecular weight excluding hydrogens is 382 g/mol. The Morgan fingerprint density at radius 3 is 2.23 bits per heavy atom. The molecule has 0 aliphatic carbocycles. The van der Waals surface area contributed by atoms with Crippen molar-refractivity contribution in [3.63, 3.8) is 0 Å². The molecule has 2 aromatic rings. The molecule has 6 heteroatoms. The van der Waals surface area contributed by atoms with Gasteiger partial charge in [0.25, 0.3) is 0 Å². The van der Waals surface area contributed by atoms with E-state index in [0.717, 1.165) is 23.3 Å². The fourth-order valence-corrected chi connectivity index (χ4v) is 2.86. The van der Waals surface area contributed by atoms with Gasteiger partial charge in [-0.25, -0.2) is 4.79 Å². The van der Waals surface area contributed by atoms with Crippen molar-refractivity contribution in [3.8, 4) is 5.75 Å². The Morgan fingerprint density at radius 2 is 1.67 bits per heavy atom. The average molecular weight is 416 g/mol. The maximum absolute atomic E-state index is 11.8. The Labute approximate surface area is 179 Å². The van der Waals surface area contributed by atoms with Crippen molar-refractivity contribution in [1.29, 1.82) is 0 Å². The zero-order valence-corrected chi connectivity index (χ0v) is 18.3. The predicted molar refractivity (Wildman–Crippen MR) is 118 cm³/mol. The van der Waals surface area contributed by atoms with Crippen molar-refractivity contribution in [2.24, 2.45) is 0 Å². The van der Waals surface area contributed by atoms with Crippen LogP contribution in [0.1, 0.15) is 38.8 Å². The van der Waals surface area contributed by atoms with Gasteiger partial charge < -0.3 is 19.3 Å². The minimum absolute atomic E-state index is 0.0121. The number of ether oxygens (including phenoxy) is 3. The van der Waals surface area contributed by atoms with Gasteiger partial charge in [0.15, 0.2) is 0 Å². The van der Waals surface area contributed by atoms with Crippen molar-refractivity contribution in [2.45, 2.75) is 52.2 Å². The van der Waals surface area contributed by atoms with E-state index in [9.17, 15) is 9.90 Å². The molecule has 6 nitrogen and oxygen atoms in total. The third-order valence-electron chi connectivity index (χ3n) is 4.25. The number of anilines is 1. The summed E-state index contributed by atoms with van der Waals surface area (Å²) in [5, 5.41) is 12.0. The second kappa shape index (κ2) is 11.6. The van der Waals surface area contributed by atoms with Crippen LogP contribution in [0.25, 0.3) is 0 Å². The molecule has 0 heterocycles. The maximum Gasteiger partial charge on any atom is 0.412 e. The van der Waals surface area contributed by atoms with Crippen LogP contribution < -0.4 is 10.1 Å². The van der Waals surface area contributed by atoms with E-state index in [-0.39, 0.29) is 12.7 Å². The minimum atomic E-state index is -0.524. The smallest absolute Gasteiger partial charge is 0.412 e. The van der Waals surface area contributed by atoms with Crippen molar-refractivity contribution >= 4 is 11.8 Å². The molecular formula is C24H33NO5. The number of carbonyl (C=O) groups excluding carboxylic acids is 1. The first kappa shape index (κ1) is 23.7. The Kier molecular flexibility index (Phi) is 9.15. The maximum atomic E-state index is 11.8. The van der Waals surface area contributed by atoms with Crippen molar-refractivity contribution < 1.29 is 24.1 Å². The monoisotopic (exact) mass is 415 g/mol. The van der Waals surface area contributed by atoms with Crippen LogP contribution in [0, 0.1) is 0 Å². The lowest BCUT2D eigenvalue weighted by Gasteiger charge is -2.19. The largest absolute Gasteiger partial charge is 0.493 e. The van der Waals surface area contributed by atoms with Gasteiger partial charge in [0, 0.05) is 25.1 Å².